The molecule has 1 aromatic heterocycles. The first-order valence-electron chi connectivity index (χ1n) is 8.97. The van der Waals surface area contributed by atoms with Crippen molar-refractivity contribution in [1.29, 1.82) is 0 Å². The molecule has 0 unspecified atom stereocenters. The van der Waals surface area contributed by atoms with E-state index in [9.17, 15) is 9.18 Å². The number of nitrogens with zero attached hydrogens (tertiary/aromatic N) is 3. The number of benzene rings is 2. The van der Waals surface area contributed by atoms with Crippen molar-refractivity contribution in [2.75, 3.05) is 31.1 Å². The molecule has 0 N–H and O–H groups in total. The second-order valence-corrected chi connectivity index (χ2v) is 6.53. The highest BCUT2D eigenvalue weighted by Crippen LogP contribution is 2.20. The largest absolute Gasteiger partial charge is 0.444 e. The van der Waals surface area contributed by atoms with Crippen molar-refractivity contribution in [3.8, 4) is 11.5 Å². The van der Waals surface area contributed by atoms with Crippen molar-refractivity contribution in [1.82, 2.24) is 9.88 Å². The number of hydrogen-bond donors (Lipinski definition) is 0. The number of piperazine rings is 1. The Morgan fingerprint density at radius 3 is 2.41 bits per heavy atom. The van der Waals surface area contributed by atoms with Crippen molar-refractivity contribution in [3.63, 3.8) is 0 Å². The van der Waals surface area contributed by atoms with Gasteiger partial charge in [-0.1, -0.05) is 18.2 Å². The van der Waals surface area contributed by atoms with Gasteiger partial charge in [0.2, 0.25) is 11.8 Å². The van der Waals surface area contributed by atoms with Gasteiger partial charge >= 0.3 is 0 Å². The fraction of sp³-hybridized carbons (Fsp3) is 0.238. The van der Waals surface area contributed by atoms with Crippen LogP contribution in [0.3, 0.4) is 0 Å². The average Bonchev–Trinajstić information content (AvgIpc) is 3.18. The van der Waals surface area contributed by atoms with Gasteiger partial charge in [-0.05, 0) is 36.4 Å². The Labute approximate surface area is 157 Å². The number of oxazole rings is 1. The molecule has 0 bridgehead atoms. The minimum atomic E-state index is -0.241. The average molecular weight is 365 g/mol. The summed E-state index contributed by atoms with van der Waals surface area (Å²) in [6.45, 7) is 2.73. The first-order valence-corrected chi connectivity index (χ1v) is 8.97. The third-order valence-corrected chi connectivity index (χ3v) is 4.73. The van der Waals surface area contributed by atoms with E-state index in [4.69, 9.17) is 4.42 Å². The number of rotatable bonds is 4. The topological polar surface area (TPSA) is 49.6 Å². The van der Waals surface area contributed by atoms with Crippen molar-refractivity contribution >= 4 is 11.6 Å². The molecule has 1 aliphatic heterocycles. The van der Waals surface area contributed by atoms with Gasteiger partial charge in [-0.25, -0.2) is 9.37 Å². The fourth-order valence-corrected chi connectivity index (χ4v) is 3.23. The standard InChI is InChI=1S/C21H20FN3O2/c22-17-6-8-19(9-7-17)24-10-12-25(13-11-24)20(26)14-18-15-27-21(23-18)16-4-2-1-3-5-16/h1-9,15H,10-14H2. The summed E-state index contributed by atoms with van der Waals surface area (Å²) in [6, 6.07) is 16.1. The molecule has 27 heavy (non-hydrogen) atoms. The smallest absolute Gasteiger partial charge is 0.228 e. The van der Waals surface area contributed by atoms with Gasteiger partial charge in [0, 0.05) is 37.4 Å². The normalized spacial score (nSPS) is 14.4. The van der Waals surface area contributed by atoms with Gasteiger partial charge in [0.25, 0.3) is 0 Å². The van der Waals surface area contributed by atoms with E-state index in [2.05, 4.69) is 9.88 Å². The molecule has 0 aliphatic carbocycles. The van der Waals surface area contributed by atoms with Crippen LogP contribution in [0, 0.1) is 5.82 Å². The van der Waals surface area contributed by atoms with E-state index >= 15 is 0 Å². The summed E-state index contributed by atoms with van der Waals surface area (Å²) in [4.78, 5) is 21.0. The molecule has 6 heteroatoms. The summed E-state index contributed by atoms with van der Waals surface area (Å²) < 4.78 is 18.6. The van der Waals surface area contributed by atoms with Crippen molar-refractivity contribution in [3.05, 3.63) is 72.4 Å². The highest BCUT2D eigenvalue weighted by atomic mass is 19.1. The highest BCUT2D eigenvalue weighted by Gasteiger charge is 2.22. The quantitative estimate of drug-likeness (QED) is 0.711. The van der Waals surface area contributed by atoms with Crippen LogP contribution in [0.15, 0.2) is 65.3 Å². The summed E-state index contributed by atoms with van der Waals surface area (Å²) >= 11 is 0. The minimum Gasteiger partial charge on any atom is -0.444 e. The van der Waals surface area contributed by atoms with E-state index in [1.165, 1.54) is 12.1 Å². The van der Waals surface area contributed by atoms with Gasteiger partial charge in [0.15, 0.2) is 0 Å². The zero-order valence-corrected chi connectivity index (χ0v) is 14.8. The van der Waals surface area contributed by atoms with Crippen LogP contribution < -0.4 is 4.90 Å². The summed E-state index contributed by atoms with van der Waals surface area (Å²) in [6.07, 6.45) is 1.78. The number of anilines is 1. The molecule has 2 heterocycles. The molecule has 138 valence electrons. The maximum absolute atomic E-state index is 13.1. The summed E-state index contributed by atoms with van der Waals surface area (Å²) in [7, 11) is 0. The molecule has 0 saturated carbocycles. The van der Waals surface area contributed by atoms with Crippen LogP contribution in [0.4, 0.5) is 10.1 Å². The number of aromatic nitrogens is 1. The Kier molecular flexibility index (Phi) is 4.87. The maximum atomic E-state index is 13.1. The third-order valence-electron chi connectivity index (χ3n) is 4.73. The van der Waals surface area contributed by atoms with Gasteiger partial charge in [-0.2, -0.15) is 0 Å². The monoisotopic (exact) mass is 365 g/mol. The number of carbonyl (C=O) groups excluding carboxylic acids is 1. The molecule has 0 radical (unpaired) electrons. The molecule has 1 aliphatic rings. The minimum absolute atomic E-state index is 0.0432. The van der Waals surface area contributed by atoms with Crippen LogP contribution in [0.2, 0.25) is 0 Å². The van der Waals surface area contributed by atoms with E-state index in [1.807, 2.05) is 35.2 Å². The molecule has 1 fully saturated rings. The zero-order chi connectivity index (χ0) is 18.6. The lowest BCUT2D eigenvalue weighted by Crippen LogP contribution is -2.49. The highest BCUT2D eigenvalue weighted by molar-refractivity contribution is 5.78. The summed E-state index contributed by atoms with van der Waals surface area (Å²) in [5.74, 6) is 0.330. The Morgan fingerprint density at radius 1 is 1.00 bits per heavy atom. The molecule has 1 saturated heterocycles. The second kappa shape index (κ2) is 7.61. The lowest BCUT2D eigenvalue weighted by Gasteiger charge is -2.36. The van der Waals surface area contributed by atoms with E-state index < -0.39 is 0 Å². The Bertz CT molecular complexity index is 901. The van der Waals surface area contributed by atoms with E-state index in [0.717, 1.165) is 24.3 Å². The zero-order valence-electron chi connectivity index (χ0n) is 14.8. The lowest BCUT2D eigenvalue weighted by atomic mass is 10.2. The first-order chi connectivity index (χ1) is 13.2. The SMILES string of the molecule is O=C(Cc1coc(-c2ccccc2)n1)N1CCN(c2ccc(F)cc2)CC1. The van der Waals surface area contributed by atoms with Crippen LogP contribution >= 0.6 is 0 Å². The summed E-state index contributed by atoms with van der Waals surface area (Å²) in [5.41, 5.74) is 2.51. The predicted molar refractivity (Wildman–Crippen MR) is 101 cm³/mol. The Morgan fingerprint density at radius 2 is 1.70 bits per heavy atom. The van der Waals surface area contributed by atoms with Gasteiger partial charge in [-0.3, -0.25) is 4.79 Å². The molecule has 0 atom stereocenters. The number of hydrogen-bond acceptors (Lipinski definition) is 4. The van der Waals surface area contributed by atoms with Crippen molar-refractivity contribution in [2.24, 2.45) is 0 Å². The predicted octanol–water partition coefficient (Wildman–Crippen LogP) is 3.37. The van der Waals surface area contributed by atoms with E-state index in [1.54, 1.807) is 18.4 Å². The molecule has 4 rings (SSSR count). The summed E-state index contributed by atoms with van der Waals surface area (Å²) in [5, 5.41) is 0. The first kappa shape index (κ1) is 17.3. The number of carbonyl (C=O) groups is 1. The number of halogens is 1. The Hall–Kier alpha value is -3.15. The molecule has 2 aromatic carbocycles. The lowest BCUT2D eigenvalue weighted by molar-refractivity contribution is -0.130. The van der Waals surface area contributed by atoms with Crippen LogP contribution in [-0.2, 0) is 11.2 Å². The van der Waals surface area contributed by atoms with Crippen molar-refractivity contribution in [2.45, 2.75) is 6.42 Å². The third kappa shape index (κ3) is 4.00. The van der Waals surface area contributed by atoms with Crippen LogP contribution in [-0.4, -0.2) is 42.0 Å². The molecule has 3 aromatic rings. The molecular weight excluding hydrogens is 345 g/mol. The van der Waals surface area contributed by atoms with Crippen LogP contribution in [0.5, 0.6) is 0 Å². The van der Waals surface area contributed by atoms with Crippen LogP contribution in [0.25, 0.3) is 11.5 Å². The van der Waals surface area contributed by atoms with Gasteiger partial charge in [0.05, 0.1) is 12.1 Å². The fourth-order valence-electron chi connectivity index (χ4n) is 3.23. The van der Waals surface area contributed by atoms with E-state index in [-0.39, 0.29) is 18.1 Å². The molecule has 0 spiro atoms. The van der Waals surface area contributed by atoms with Gasteiger partial charge in [-0.15, -0.1) is 0 Å². The van der Waals surface area contributed by atoms with Crippen LogP contribution in [0.1, 0.15) is 5.69 Å². The van der Waals surface area contributed by atoms with Crippen molar-refractivity contribution < 1.29 is 13.6 Å². The second-order valence-electron chi connectivity index (χ2n) is 6.53. The molecule has 1 amide bonds. The van der Waals surface area contributed by atoms with Gasteiger partial charge < -0.3 is 14.2 Å². The van der Waals surface area contributed by atoms with Gasteiger partial charge in [0.1, 0.15) is 12.1 Å². The maximum Gasteiger partial charge on any atom is 0.228 e. The number of amides is 1. The molecule has 5 nitrogen and oxygen atoms in total. The van der Waals surface area contributed by atoms with E-state index in [0.29, 0.717) is 24.7 Å². The Balaban J connectivity index is 1.33. The molecular formula is C21H20FN3O2.